The van der Waals surface area contributed by atoms with E-state index in [-0.39, 0.29) is 6.42 Å². The summed E-state index contributed by atoms with van der Waals surface area (Å²) in [6.07, 6.45) is 0.753. The average Bonchev–Trinajstić information content (AvgIpc) is 2.52. The first-order valence-corrected chi connectivity index (χ1v) is 5.29. The fraction of sp³-hybridized carbons (Fsp3) is 0.556. The standard InChI is InChI=1S/C9H14N2O2S/c1-3-9(2,10)8-11-6(5-14-8)4-7(12)13/h5H,3-4,10H2,1-2H3,(H,12,13). The molecule has 0 fully saturated rings. The van der Waals surface area contributed by atoms with Crippen LogP contribution in [0.15, 0.2) is 5.38 Å². The van der Waals surface area contributed by atoms with Gasteiger partial charge in [-0.05, 0) is 13.3 Å². The molecule has 0 aliphatic heterocycles. The number of aromatic nitrogens is 1. The summed E-state index contributed by atoms with van der Waals surface area (Å²) in [4.78, 5) is 14.6. The second kappa shape index (κ2) is 4.06. The molecule has 0 saturated carbocycles. The van der Waals surface area contributed by atoms with Gasteiger partial charge in [-0.25, -0.2) is 4.98 Å². The van der Waals surface area contributed by atoms with Gasteiger partial charge < -0.3 is 10.8 Å². The molecule has 0 radical (unpaired) electrons. The normalized spacial score (nSPS) is 15.1. The summed E-state index contributed by atoms with van der Waals surface area (Å²) in [6, 6.07) is 0. The van der Waals surface area contributed by atoms with Crippen LogP contribution in [0.25, 0.3) is 0 Å². The van der Waals surface area contributed by atoms with Gasteiger partial charge in [-0.2, -0.15) is 0 Å². The van der Waals surface area contributed by atoms with Crippen LogP contribution in [0.4, 0.5) is 0 Å². The molecule has 0 amide bonds. The Morgan fingerprint density at radius 1 is 1.79 bits per heavy atom. The van der Waals surface area contributed by atoms with Crippen LogP contribution in [0.1, 0.15) is 31.0 Å². The number of hydrogen-bond donors (Lipinski definition) is 2. The van der Waals surface area contributed by atoms with E-state index in [0.717, 1.165) is 11.4 Å². The number of hydrogen-bond acceptors (Lipinski definition) is 4. The van der Waals surface area contributed by atoms with Crippen molar-refractivity contribution in [1.82, 2.24) is 4.98 Å². The molecule has 0 aliphatic rings. The Morgan fingerprint density at radius 3 is 2.93 bits per heavy atom. The van der Waals surface area contributed by atoms with Crippen LogP contribution < -0.4 is 5.73 Å². The lowest BCUT2D eigenvalue weighted by Crippen LogP contribution is -2.31. The van der Waals surface area contributed by atoms with E-state index in [1.165, 1.54) is 11.3 Å². The van der Waals surface area contributed by atoms with Gasteiger partial charge in [0, 0.05) is 5.38 Å². The monoisotopic (exact) mass is 214 g/mol. The highest BCUT2D eigenvalue weighted by Crippen LogP contribution is 2.24. The zero-order chi connectivity index (χ0) is 10.8. The highest BCUT2D eigenvalue weighted by molar-refractivity contribution is 7.09. The number of rotatable bonds is 4. The molecule has 1 rings (SSSR count). The van der Waals surface area contributed by atoms with E-state index >= 15 is 0 Å². The van der Waals surface area contributed by atoms with Gasteiger partial charge in [-0.15, -0.1) is 11.3 Å². The number of nitrogens with two attached hydrogens (primary N) is 1. The predicted molar refractivity (Wildman–Crippen MR) is 55.3 cm³/mol. The zero-order valence-electron chi connectivity index (χ0n) is 8.28. The van der Waals surface area contributed by atoms with Crippen LogP contribution in [0.2, 0.25) is 0 Å². The quantitative estimate of drug-likeness (QED) is 0.793. The molecule has 1 atom stereocenters. The third-order valence-corrected chi connectivity index (χ3v) is 3.28. The molecule has 5 heteroatoms. The van der Waals surface area contributed by atoms with E-state index in [9.17, 15) is 4.79 Å². The summed E-state index contributed by atoms with van der Waals surface area (Å²) in [5, 5.41) is 11.1. The Hall–Kier alpha value is -0.940. The number of carbonyl (C=O) groups is 1. The molecule has 1 unspecified atom stereocenters. The Balaban J connectivity index is 2.82. The second-order valence-corrected chi connectivity index (χ2v) is 4.34. The summed E-state index contributed by atoms with van der Waals surface area (Å²) in [5.74, 6) is -0.864. The Labute approximate surface area is 86.8 Å². The van der Waals surface area contributed by atoms with Crippen LogP contribution in [0, 0.1) is 0 Å². The first-order valence-electron chi connectivity index (χ1n) is 4.41. The van der Waals surface area contributed by atoms with Crippen LogP contribution in [-0.2, 0) is 16.8 Å². The fourth-order valence-corrected chi connectivity index (χ4v) is 1.92. The number of aliphatic carboxylic acids is 1. The smallest absolute Gasteiger partial charge is 0.309 e. The minimum absolute atomic E-state index is 0.0315. The minimum Gasteiger partial charge on any atom is -0.481 e. The number of carboxylic acids is 1. The van der Waals surface area contributed by atoms with Crippen LogP contribution >= 0.6 is 11.3 Å². The van der Waals surface area contributed by atoms with Gasteiger partial charge >= 0.3 is 5.97 Å². The maximum Gasteiger partial charge on any atom is 0.309 e. The van der Waals surface area contributed by atoms with E-state index in [0.29, 0.717) is 5.69 Å². The SMILES string of the molecule is CCC(C)(N)c1nc(CC(=O)O)cs1. The van der Waals surface area contributed by atoms with Gasteiger partial charge in [0.25, 0.3) is 0 Å². The molecule has 78 valence electrons. The van der Waals surface area contributed by atoms with E-state index < -0.39 is 11.5 Å². The molecule has 1 aromatic rings. The lowest BCUT2D eigenvalue weighted by atomic mass is 10.0. The number of carboxylic acid groups (broad SMARTS) is 1. The van der Waals surface area contributed by atoms with Crippen LogP contribution in [-0.4, -0.2) is 16.1 Å². The summed E-state index contributed by atoms with van der Waals surface area (Å²) in [6.45, 7) is 3.88. The highest BCUT2D eigenvalue weighted by atomic mass is 32.1. The van der Waals surface area contributed by atoms with Crippen molar-refractivity contribution in [3.8, 4) is 0 Å². The largest absolute Gasteiger partial charge is 0.481 e. The minimum atomic E-state index is -0.864. The lowest BCUT2D eigenvalue weighted by molar-refractivity contribution is -0.136. The van der Waals surface area contributed by atoms with Gasteiger partial charge in [0.15, 0.2) is 0 Å². The maximum atomic E-state index is 10.4. The second-order valence-electron chi connectivity index (χ2n) is 3.49. The third-order valence-electron chi connectivity index (χ3n) is 2.11. The number of thiazole rings is 1. The first kappa shape index (κ1) is 11.1. The molecule has 14 heavy (non-hydrogen) atoms. The van der Waals surface area contributed by atoms with Crippen molar-refractivity contribution in [1.29, 1.82) is 0 Å². The average molecular weight is 214 g/mol. The van der Waals surface area contributed by atoms with Gasteiger partial charge in [0.2, 0.25) is 0 Å². The van der Waals surface area contributed by atoms with Gasteiger partial charge in [0.05, 0.1) is 17.7 Å². The maximum absolute atomic E-state index is 10.4. The van der Waals surface area contributed by atoms with E-state index in [2.05, 4.69) is 4.98 Å². The van der Waals surface area contributed by atoms with Gasteiger partial charge in [-0.1, -0.05) is 6.92 Å². The first-order chi connectivity index (χ1) is 6.45. The third kappa shape index (κ3) is 2.52. The van der Waals surface area contributed by atoms with Crippen molar-refractivity contribution in [3.05, 3.63) is 16.1 Å². The molecular formula is C9H14N2O2S. The Morgan fingerprint density at radius 2 is 2.43 bits per heavy atom. The molecule has 0 spiro atoms. The predicted octanol–water partition coefficient (Wildman–Crippen LogP) is 1.35. The van der Waals surface area contributed by atoms with Crippen molar-refractivity contribution in [2.45, 2.75) is 32.2 Å². The van der Waals surface area contributed by atoms with Crippen LogP contribution in [0.5, 0.6) is 0 Å². The van der Waals surface area contributed by atoms with Crippen molar-refractivity contribution < 1.29 is 9.90 Å². The highest BCUT2D eigenvalue weighted by Gasteiger charge is 2.22. The molecule has 0 bridgehead atoms. The molecular weight excluding hydrogens is 200 g/mol. The molecule has 4 nitrogen and oxygen atoms in total. The van der Waals surface area contributed by atoms with Crippen molar-refractivity contribution >= 4 is 17.3 Å². The topological polar surface area (TPSA) is 76.2 Å². The lowest BCUT2D eigenvalue weighted by Gasteiger charge is -2.18. The fourth-order valence-electron chi connectivity index (χ4n) is 0.957. The molecule has 0 saturated heterocycles. The van der Waals surface area contributed by atoms with Gasteiger partial charge in [-0.3, -0.25) is 4.79 Å². The molecule has 1 heterocycles. The van der Waals surface area contributed by atoms with E-state index in [1.807, 2.05) is 13.8 Å². The summed E-state index contributed by atoms with van der Waals surface area (Å²) >= 11 is 1.42. The van der Waals surface area contributed by atoms with Crippen molar-refractivity contribution in [3.63, 3.8) is 0 Å². The molecule has 3 N–H and O–H groups in total. The number of nitrogens with zero attached hydrogens (tertiary/aromatic N) is 1. The molecule has 0 aromatic carbocycles. The zero-order valence-corrected chi connectivity index (χ0v) is 9.10. The van der Waals surface area contributed by atoms with E-state index in [4.69, 9.17) is 10.8 Å². The summed E-state index contributed by atoms with van der Waals surface area (Å²) in [7, 11) is 0. The Bertz CT molecular complexity index is 333. The van der Waals surface area contributed by atoms with Gasteiger partial charge in [0.1, 0.15) is 5.01 Å². The molecule has 1 aromatic heterocycles. The van der Waals surface area contributed by atoms with Crippen LogP contribution in [0.3, 0.4) is 0 Å². The van der Waals surface area contributed by atoms with Crippen molar-refractivity contribution in [2.24, 2.45) is 5.73 Å². The van der Waals surface area contributed by atoms with Crippen molar-refractivity contribution in [2.75, 3.05) is 0 Å². The molecule has 0 aliphatic carbocycles. The summed E-state index contributed by atoms with van der Waals surface area (Å²) < 4.78 is 0. The Kier molecular flexibility index (Phi) is 3.23. The summed E-state index contributed by atoms with van der Waals surface area (Å²) in [5.41, 5.74) is 6.12. The van der Waals surface area contributed by atoms with E-state index in [1.54, 1.807) is 5.38 Å².